The summed E-state index contributed by atoms with van der Waals surface area (Å²) in [7, 11) is 2.29. The number of allylic oxidation sites excluding steroid dienone is 2. The molecule has 31 heavy (non-hydrogen) atoms. The summed E-state index contributed by atoms with van der Waals surface area (Å²) < 4.78 is 25.6. The SMILES string of the molecule is CCOCN1C(C)=C(OC(=O)OC)C(c2cccc([N+](=O)[O-])c2)C(OC(=O)OC)=C1C. The summed E-state index contributed by atoms with van der Waals surface area (Å²) in [6.45, 7) is 5.66. The summed E-state index contributed by atoms with van der Waals surface area (Å²) in [5.41, 5.74) is 1.14. The van der Waals surface area contributed by atoms with Gasteiger partial charge in [-0.2, -0.15) is 0 Å². The molecule has 1 aromatic carbocycles. The van der Waals surface area contributed by atoms with Crippen molar-refractivity contribution in [3.05, 3.63) is 62.9 Å². The van der Waals surface area contributed by atoms with Crippen LogP contribution in [0.25, 0.3) is 0 Å². The van der Waals surface area contributed by atoms with Crippen LogP contribution in [0.2, 0.25) is 0 Å². The van der Waals surface area contributed by atoms with Gasteiger partial charge in [0.1, 0.15) is 24.2 Å². The van der Waals surface area contributed by atoms with Crippen LogP contribution in [0.5, 0.6) is 0 Å². The van der Waals surface area contributed by atoms with Crippen molar-refractivity contribution in [2.24, 2.45) is 0 Å². The Morgan fingerprint density at radius 2 is 1.61 bits per heavy atom. The monoisotopic (exact) mass is 436 g/mol. The molecule has 1 aromatic rings. The van der Waals surface area contributed by atoms with Crippen molar-refractivity contribution in [2.45, 2.75) is 26.7 Å². The normalized spacial score (nSPS) is 14.4. The molecule has 1 aliphatic heterocycles. The van der Waals surface area contributed by atoms with Crippen molar-refractivity contribution in [1.82, 2.24) is 4.90 Å². The van der Waals surface area contributed by atoms with E-state index in [-0.39, 0.29) is 23.9 Å². The Balaban J connectivity index is 2.72. The van der Waals surface area contributed by atoms with Crippen molar-refractivity contribution in [2.75, 3.05) is 27.6 Å². The van der Waals surface area contributed by atoms with E-state index in [1.165, 1.54) is 18.2 Å². The molecular formula is C20H24N2O9. The molecule has 11 heteroatoms. The lowest BCUT2D eigenvalue weighted by Gasteiger charge is -2.36. The predicted molar refractivity (Wildman–Crippen MR) is 107 cm³/mol. The Labute approximate surface area is 178 Å². The van der Waals surface area contributed by atoms with Gasteiger partial charge in [-0.25, -0.2) is 9.59 Å². The van der Waals surface area contributed by atoms with Crippen LogP contribution in [0.15, 0.2) is 47.2 Å². The minimum absolute atomic E-state index is 0.0663. The highest BCUT2D eigenvalue weighted by Gasteiger charge is 2.39. The van der Waals surface area contributed by atoms with Crippen molar-refractivity contribution >= 4 is 18.0 Å². The molecule has 1 aliphatic rings. The first-order valence-corrected chi connectivity index (χ1v) is 9.27. The first-order valence-electron chi connectivity index (χ1n) is 9.27. The smallest absolute Gasteiger partial charge is 0.437 e. The number of nitro groups is 1. The minimum Gasteiger partial charge on any atom is -0.437 e. The Morgan fingerprint density at radius 3 is 2.06 bits per heavy atom. The number of nitrogens with zero attached hydrogens (tertiary/aromatic N) is 2. The lowest BCUT2D eigenvalue weighted by molar-refractivity contribution is -0.384. The van der Waals surface area contributed by atoms with E-state index in [0.717, 1.165) is 14.2 Å². The standard InChI is InChI=1S/C20H24N2O9/c1-6-29-11-21-12(2)17(30-19(23)27-4)16(18(13(21)3)31-20(24)28-5)14-8-7-9-15(10-14)22(25)26/h7-10,16H,6,11H2,1-5H3. The summed E-state index contributed by atoms with van der Waals surface area (Å²) >= 11 is 0. The van der Waals surface area contributed by atoms with Crippen LogP contribution in [0, 0.1) is 10.1 Å². The third-order valence-corrected chi connectivity index (χ3v) is 4.61. The molecule has 1 heterocycles. The molecule has 0 amide bonds. The van der Waals surface area contributed by atoms with Gasteiger partial charge in [0.05, 0.1) is 30.5 Å². The van der Waals surface area contributed by atoms with Gasteiger partial charge in [-0.3, -0.25) is 10.1 Å². The number of ether oxygens (including phenoxy) is 5. The Hall–Kier alpha value is -3.60. The zero-order chi connectivity index (χ0) is 23.1. The highest BCUT2D eigenvalue weighted by molar-refractivity contribution is 5.65. The van der Waals surface area contributed by atoms with Crippen LogP contribution >= 0.6 is 0 Å². The summed E-state index contributed by atoms with van der Waals surface area (Å²) in [5.74, 6) is -0.830. The number of hydrogen-bond acceptors (Lipinski definition) is 10. The first kappa shape index (κ1) is 23.7. The summed E-state index contributed by atoms with van der Waals surface area (Å²) in [4.78, 5) is 36.3. The Kier molecular flexibility index (Phi) is 7.97. The molecule has 168 valence electrons. The molecule has 0 bridgehead atoms. The van der Waals surface area contributed by atoms with E-state index in [0.29, 0.717) is 23.6 Å². The predicted octanol–water partition coefficient (Wildman–Crippen LogP) is 4.02. The molecule has 0 aliphatic carbocycles. The average molecular weight is 436 g/mol. The summed E-state index contributed by atoms with van der Waals surface area (Å²) in [5, 5.41) is 11.3. The van der Waals surface area contributed by atoms with Crippen molar-refractivity contribution in [3.63, 3.8) is 0 Å². The number of carbonyl (C=O) groups is 2. The molecule has 11 nitrogen and oxygen atoms in total. The molecule has 2 rings (SSSR count). The second-order valence-electron chi connectivity index (χ2n) is 6.35. The van der Waals surface area contributed by atoms with Crippen LogP contribution in [0.4, 0.5) is 15.3 Å². The maximum atomic E-state index is 12.0. The number of hydrogen-bond donors (Lipinski definition) is 0. The van der Waals surface area contributed by atoms with Crippen LogP contribution in [0.1, 0.15) is 32.3 Å². The molecule has 0 fully saturated rings. The fraction of sp³-hybridized carbons (Fsp3) is 0.400. The van der Waals surface area contributed by atoms with Crippen LogP contribution in [0.3, 0.4) is 0 Å². The van der Waals surface area contributed by atoms with Crippen LogP contribution in [-0.2, 0) is 23.7 Å². The number of benzene rings is 1. The van der Waals surface area contributed by atoms with E-state index in [9.17, 15) is 19.7 Å². The molecule has 0 radical (unpaired) electrons. The van der Waals surface area contributed by atoms with E-state index >= 15 is 0 Å². The minimum atomic E-state index is -1.00. The topological polar surface area (TPSA) is 127 Å². The number of rotatable bonds is 7. The second-order valence-corrected chi connectivity index (χ2v) is 6.35. The van der Waals surface area contributed by atoms with Gasteiger partial charge in [-0.05, 0) is 26.3 Å². The summed E-state index contributed by atoms with van der Waals surface area (Å²) in [6, 6.07) is 5.71. The average Bonchev–Trinajstić information content (AvgIpc) is 2.76. The van der Waals surface area contributed by atoms with Crippen LogP contribution < -0.4 is 0 Å². The number of nitro benzene ring substituents is 1. The van der Waals surface area contributed by atoms with Gasteiger partial charge in [0, 0.05) is 18.7 Å². The fourth-order valence-electron chi connectivity index (χ4n) is 3.08. The maximum Gasteiger partial charge on any atom is 0.513 e. The highest BCUT2D eigenvalue weighted by atomic mass is 16.7. The van der Waals surface area contributed by atoms with E-state index in [1.54, 1.807) is 24.8 Å². The molecule has 0 spiro atoms. The van der Waals surface area contributed by atoms with Gasteiger partial charge in [0.15, 0.2) is 0 Å². The zero-order valence-corrected chi connectivity index (χ0v) is 17.9. The molecule has 0 unspecified atom stereocenters. The van der Waals surface area contributed by atoms with Crippen molar-refractivity contribution < 1.29 is 38.2 Å². The van der Waals surface area contributed by atoms with Crippen molar-refractivity contribution in [3.8, 4) is 0 Å². The van der Waals surface area contributed by atoms with Gasteiger partial charge in [-0.1, -0.05) is 12.1 Å². The number of methoxy groups -OCH3 is 2. The molecule has 0 aromatic heterocycles. The number of carbonyl (C=O) groups excluding carboxylic acids is 2. The van der Waals surface area contributed by atoms with E-state index in [4.69, 9.17) is 14.2 Å². The van der Waals surface area contributed by atoms with Gasteiger partial charge in [0.2, 0.25) is 0 Å². The summed E-state index contributed by atoms with van der Waals surface area (Å²) in [6.07, 6.45) is -2.00. The molecule has 0 N–H and O–H groups in total. The van der Waals surface area contributed by atoms with E-state index in [1.807, 2.05) is 6.92 Å². The van der Waals surface area contributed by atoms with Crippen LogP contribution in [-0.4, -0.2) is 49.7 Å². The Morgan fingerprint density at radius 1 is 1.06 bits per heavy atom. The van der Waals surface area contributed by atoms with Gasteiger partial charge in [0.25, 0.3) is 5.69 Å². The lowest BCUT2D eigenvalue weighted by Crippen LogP contribution is -2.34. The third-order valence-electron chi connectivity index (χ3n) is 4.61. The molecule has 0 saturated carbocycles. The zero-order valence-electron chi connectivity index (χ0n) is 17.9. The highest BCUT2D eigenvalue weighted by Crippen LogP contribution is 2.43. The van der Waals surface area contributed by atoms with Gasteiger partial charge in [-0.15, -0.1) is 0 Å². The largest absolute Gasteiger partial charge is 0.513 e. The Bertz CT molecular complexity index is 881. The van der Waals surface area contributed by atoms with Gasteiger partial charge < -0.3 is 28.6 Å². The molecule has 0 saturated heterocycles. The van der Waals surface area contributed by atoms with E-state index in [2.05, 4.69) is 9.47 Å². The molecular weight excluding hydrogens is 412 g/mol. The quantitative estimate of drug-likeness (QED) is 0.351. The maximum absolute atomic E-state index is 12.0. The number of non-ortho nitro benzene ring substituents is 1. The first-order chi connectivity index (χ1) is 14.7. The van der Waals surface area contributed by atoms with Crippen molar-refractivity contribution in [1.29, 1.82) is 0 Å². The fourth-order valence-corrected chi connectivity index (χ4v) is 3.08. The van der Waals surface area contributed by atoms with Gasteiger partial charge >= 0.3 is 12.3 Å². The lowest BCUT2D eigenvalue weighted by atomic mass is 9.89. The van der Waals surface area contributed by atoms with E-state index < -0.39 is 23.2 Å². The second kappa shape index (κ2) is 10.4. The molecule has 0 atom stereocenters. The third kappa shape index (κ3) is 5.31.